The maximum atomic E-state index is 8.51. The van der Waals surface area contributed by atoms with Crippen molar-refractivity contribution in [2.45, 2.75) is 4.18 Å². The Hall–Kier alpha value is 0.0601. The van der Waals surface area contributed by atoms with Gasteiger partial charge in [0.2, 0.25) is 0 Å². The Kier molecular flexibility index (Phi) is 4.03. The van der Waals surface area contributed by atoms with Crippen molar-refractivity contribution in [3.05, 3.63) is 35.4 Å². The van der Waals surface area contributed by atoms with Gasteiger partial charge < -0.3 is 0 Å². The maximum absolute atomic E-state index is 8.51. The Morgan fingerprint density at radius 1 is 1.36 bits per heavy atom. The molecule has 0 saturated carbocycles. The molecule has 0 aromatic heterocycles. The third-order valence-electron chi connectivity index (χ3n) is 1.40. The van der Waals surface area contributed by atoms with Crippen LogP contribution in [0, 0.1) is 11.3 Å². The summed E-state index contributed by atoms with van der Waals surface area (Å²) in [7, 11) is 0. The molecule has 0 aliphatic heterocycles. The molecule has 3 heteroatoms. The van der Waals surface area contributed by atoms with Crippen LogP contribution in [0.1, 0.15) is 11.1 Å². The van der Waals surface area contributed by atoms with Crippen LogP contribution in [0.15, 0.2) is 24.3 Å². The molecular weight excluding hydrogens is 305 g/mol. The molecule has 1 nitrogen and oxygen atoms in total. The average Bonchev–Trinajstić information content (AvgIpc) is 2.07. The van der Waals surface area contributed by atoms with E-state index in [0.29, 0.717) is 0 Å². The quantitative estimate of drug-likeness (QED) is 0.820. The summed E-state index contributed by atoms with van der Waals surface area (Å²) in [5.74, 6) is 0. The van der Waals surface area contributed by atoms with Crippen LogP contribution in [0.2, 0.25) is 0 Å². The van der Waals surface area contributed by atoms with Crippen LogP contribution in [0.4, 0.5) is 0 Å². The van der Waals surface area contributed by atoms with E-state index in [0.717, 1.165) is 5.56 Å². The molecule has 0 N–H and O–H groups in total. The first-order valence-electron chi connectivity index (χ1n) is 3.27. The van der Waals surface area contributed by atoms with E-state index in [-0.39, 0.29) is 0 Å². The van der Waals surface area contributed by atoms with Gasteiger partial charge in [0.25, 0.3) is 0 Å². The van der Waals surface area contributed by atoms with Crippen molar-refractivity contribution in [2.24, 2.45) is 0 Å². The van der Waals surface area contributed by atoms with Crippen LogP contribution in [-0.4, -0.2) is 20.6 Å². The van der Waals surface area contributed by atoms with Gasteiger partial charge in [-0.3, -0.25) is 0 Å². The second kappa shape index (κ2) is 4.84. The molecule has 0 heterocycles. The van der Waals surface area contributed by atoms with E-state index in [2.05, 4.69) is 18.4 Å². The number of nitrogens with zero attached hydrogens (tertiary/aromatic N) is 1. The van der Waals surface area contributed by atoms with Crippen LogP contribution < -0.4 is 0 Å². The van der Waals surface area contributed by atoms with Gasteiger partial charge in [-0.2, -0.15) is 0 Å². The van der Waals surface area contributed by atoms with Crippen LogP contribution in [0.3, 0.4) is 0 Å². The van der Waals surface area contributed by atoms with Gasteiger partial charge in [-0.1, -0.05) is 0 Å². The van der Waals surface area contributed by atoms with Gasteiger partial charge in [-0.15, -0.1) is 0 Å². The first-order valence-corrected chi connectivity index (χ1v) is 13.0. The molecule has 0 fully saturated rings. The Bertz CT molecular complexity index is 262. The molecule has 0 atom stereocenters. The minimum absolute atomic E-state index is 0.458. The van der Waals surface area contributed by atoms with Crippen molar-refractivity contribution >= 4 is 32.9 Å². The average molecular weight is 311 g/mol. The van der Waals surface area contributed by atoms with E-state index < -0.39 is 20.6 Å². The monoisotopic (exact) mass is 310 g/mol. The number of benzene rings is 1. The van der Waals surface area contributed by atoms with Crippen molar-refractivity contribution in [3.8, 4) is 6.07 Å². The number of nitriles is 1. The molecule has 0 spiro atoms. The molecule has 1 rings (SSSR count). The molecule has 11 heavy (non-hydrogen) atoms. The van der Waals surface area contributed by atoms with Gasteiger partial charge in [-0.05, 0) is 0 Å². The second-order valence-electron chi connectivity index (χ2n) is 2.17. The molecule has 1 radical (unpaired) electrons. The van der Waals surface area contributed by atoms with Crippen molar-refractivity contribution < 1.29 is 0 Å². The summed E-state index contributed by atoms with van der Waals surface area (Å²) in [5, 5.41) is 8.51. The van der Waals surface area contributed by atoms with Crippen LogP contribution in [-0.2, 0) is 4.18 Å². The van der Waals surface area contributed by atoms with Crippen LogP contribution >= 0.6 is 12.3 Å². The Morgan fingerprint density at radius 2 is 2.00 bits per heavy atom. The first kappa shape index (κ1) is 9.15. The van der Waals surface area contributed by atoms with Gasteiger partial charge in [0.05, 0.1) is 0 Å². The topological polar surface area (TPSA) is 23.8 Å². The molecule has 0 bridgehead atoms. The van der Waals surface area contributed by atoms with Gasteiger partial charge in [-0.25, -0.2) is 0 Å². The Labute approximate surface area is 83.3 Å². The van der Waals surface area contributed by atoms with Gasteiger partial charge in [0.1, 0.15) is 0 Å². The third kappa shape index (κ3) is 2.88. The van der Waals surface area contributed by atoms with E-state index in [1.807, 2.05) is 24.3 Å². The molecular formula is C8H6BrInN. The first-order chi connectivity index (χ1) is 5.36. The number of hydrogen-bond acceptors (Lipinski definition) is 1. The predicted molar refractivity (Wildman–Crippen MR) is 49.5 cm³/mol. The van der Waals surface area contributed by atoms with Crippen LogP contribution in [0.25, 0.3) is 0 Å². The van der Waals surface area contributed by atoms with Gasteiger partial charge >= 0.3 is 83.8 Å². The van der Waals surface area contributed by atoms with Gasteiger partial charge in [0, 0.05) is 0 Å². The number of rotatable bonds is 2. The normalized spacial score (nSPS) is 8.73. The van der Waals surface area contributed by atoms with E-state index >= 15 is 0 Å². The summed E-state index contributed by atoms with van der Waals surface area (Å²) in [5.41, 5.74) is 2.10. The van der Waals surface area contributed by atoms with E-state index in [9.17, 15) is 0 Å². The molecule has 0 amide bonds. The van der Waals surface area contributed by atoms with E-state index in [1.165, 1.54) is 9.74 Å². The zero-order valence-corrected chi connectivity index (χ0v) is 10.8. The summed E-state index contributed by atoms with van der Waals surface area (Å²) < 4.78 is 1.21. The standard InChI is InChI=1S/C8H6N.BrH.In/c1-7-2-4-8(6-9)5-3-7;;/h2-5H,1H2;1H;/q;;+1/p-1. The Balaban J connectivity index is 2.76. The minimum atomic E-state index is -0.458. The SMILES string of the molecule is N#Cc1ccc([CH2][In][Br])cc1. The molecule has 0 aliphatic rings. The number of hydrogen-bond donors (Lipinski definition) is 0. The fourth-order valence-corrected chi connectivity index (χ4v) is 4.60. The van der Waals surface area contributed by atoms with Crippen molar-refractivity contribution in [3.63, 3.8) is 0 Å². The van der Waals surface area contributed by atoms with Crippen molar-refractivity contribution in [1.82, 2.24) is 0 Å². The molecule has 53 valence electrons. The fourth-order valence-electron chi connectivity index (χ4n) is 0.804. The van der Waals surface area contributed by atoms with Crippen molar-refractivity contribution in [1.29, 1.82) is 5.26 Å². The van der Waals surface area contributed by atoms with E-state index in [1.54, 1.807) is 0 Å². The van der Waals surface area contributed by atoms with Crippen molar-refractivity contribution in [2.75, 3.05) is 0 Å². The zero-order valence-electron chi connectivity index (χ0n) is 5.92. The molecule has 0 aliphatic carbocycles. The number of halogens is 1. The van der Waals surface area contributed by atoms with Crippen LogP contribution in [0.5, 0.6) is 0 Å². The second-order valence-corrected chi connectivity index (χ2v) is 8.56. The molecule has 0 saturated heterocycles. The summed E-state index contributed by atoms with van der Waals surface area (Å²) in [4.78, 5) is 0. The molecule has 0 unspecified atom stereocenters. The van der Waals surface area contributed by atoms with Gasteiger partial charge in [0.15, 0.2) is 0 Å². The summed E-state index contributed by atoms with van der Waals surface area (Å²) in [6.07, 6.45) is 0. The molecule has 1 aromatic rings. The molecule has 1 aromatic carbocycles. The third-order valence-corrected chi connectivity index (χ3v) is 5.35. The summed E-state index contributed by atoms with van der Waals surface area (Å²) >= 11 is 3.09. The van der Waals surface area contributed by atoms with E-state index in [4.69, 9.17) is 5.26 Å². The summed E-state index contributed by atoms with van der Waals surface area (Å²) in [6, 6.07) is 9.92. The predicted octanol–water partition coefficient (Wildman–Crippen LogP) is 2.07. The zero-order chi connectivity index (χ0) is 8.10. The summed E-state index contributed by atoms with van der Waals surface area (Å²) in [6.45, 7) is 0. The Morgan fingerprint density at radius 3 is 2.45 bits per heavy atom. The fraction of sp³-hybridized carbons (Fsp3) is 0.125.